The van der Waals surface area contributed by atoms with Crippen molar-refractivity contribution in [3.05, 3.63) is 64.1 Å². The molecule has 2 aromatic carbocycles. The second-order valence-electron chi connectivity index (χ2n) is 6.00. The normalized spacial score (nSPS) is 23.5. The molecule has 24 heavy (non-hydrogen) atoms. The van der Waals surface area contributed by atoms with Crippen LogP contribution in [-0.4, -0.2) is 33.7 Å². The van der Waals surface area contributed by atoms with Gasteiger partial charge in [0.1, 0.15) is 5.69 Å². The molecular formula is C18H17Cl2N2OS+. The van der Waals surface area contributed by atoms with E-state index >= 15 is 0 Å². The molecule has 0 unspecified atom stereocenters. The maximum atomic E-state index is 11.6. The molecule has 2 aromatic rings. The van der Waals surface area contributed by atoms with Gasteiger partial charge in [-0.15, -0.1) is 0 Å². The van der Waals surface area contributed by atoms with Crippen LogP contribution in [0.5, 0.6) is 0 Å². The fraction of sp³-hybridized carbons (Fsp3) is 0.278. The van der Waals surface area contributed by atoms with Gasteiger partial charge in [0.15, 0.2) is 6.54 Å². The minimum absolute atomic E-state index is 0.445. The van der Waals surface area contributed by atoms with E-state index in [1.807, 2.05) is 24.3 Å². The van der Waals surface area contributed by atoms with Gasteiger partial charge in [-0.3, -0.25) is 0 Å². The average molecular weight is 380 g/mol. The number of amidine groups is 1. The summed E-state index contributed by atoms with van der Waals surface area (Å²) in [6.07, 6.45) is 1.03. The third-order valence-corrected chi connectivity index (χ3v) is 6.21. The highest BCUT2D eigenvalue weighted by Crippen LogP contribution is 2.40. The number of anilines is 1. The number of β-amino-alcohol motifs (C(OH)–C–C–N with tert-alkyl or cyclic N) is 1. The molecule has 0 bridgehead atoms. The molecule has 3 nitrogen and oxygen atoms in total. The standard InChI is InChI=1S/C18H17Cl2N2OS/c19-13-7-8-15(16(20)11-13)18(23)12-21(14-5-2-1-3-6-14)17-22(18)9-4-10-24-17/h1-3,5-8,11,23H,4,9-10,12H2/q+1/t18-/m0/s1. The third kappa shape index (κ3) is 2.62. The van der Waals surface area contributed by atoms with E-state index in [9.17, 15) is 5.11 Å². The predicted molar refractivity (Wildman–Crippen MR) is 101 cm³/mol. The van der Waals surface area contributed by atoms with Crippen LogP contribution in [0, 0.1) is 0 Å². The van der Waals surface area contributed by atoms with E-state index in [-0.39, 0.29) is 0 Å². The Bertz CT molecular complexity index is 812. The molecule has 0 saturated carbocycles. The van der Waals surface area contributed by atoms with Crippen LogP contribution in [0.3, 0.4) is 0 Å². The molecule has 2 aliphatic heterocycles. The number of aliphatic hydroxyl groups is 1. The first kappa shape index (κ1) is 16.3. The van der Waals surface area contributed by atoms with Crippen LogP contribution in [0.2, 0.25) is 10.0 Å². The van der Waals surface area contributed by atoms with Gasteiger partial charge < -0.3 is 5.11 Å². The van der Waals surface area contributed by atoms with Crippen LogP contribution in [0.1, 0.15) is 12.0 Å². The summed E-state index contributed by atoms with van der Waals surface area (Å²) in [5.74, 6) is 1.06. The summed E-state index contributed by atoms with van der Waals surface area (Å²) in [6.45, 7) is 1.25. The highest BCUT2D eigenvalue weighted by molar-refractivity contribution is 8.13. The number of para-hydroxylation sites is 1. The van der Waals surface area contributed by atoms with Gasteiger partial charge in [-0.1, -0.05) is 41.4 Å². The highest BCUT2D eigenvalue weighted by atomic mass is 35.5. The SMILES string of the molecule is O[C@]1(c2ccc(Cl)cc2Cl)CN(c2ccccc2)C2=[N+]1CCCS2. The second-order valence-corrected chi connectivity index (χ2v) is 7.90. The minimum Gasteiger partial charge on any atom is -0.346 e. The number of benzene rings is 2. The van der Waals surface area contributed by atoms with Crippen LogP contribution < -0.4 is 4.90 Å². The summed E-state index contributed by atoms with van der Waals surface area (Å²) < 4.78 is 2.07. The predicted octanol–water partition coefficient (Wildman–Crippen LogP) is 4.16. The topological polar surface area (TPSA) is 26.5 Å². The quantitative estimate of drug-likeness (QED) is 0.793. The van der Waals surface area contributed by atoms with Crippen LogP contribution in [0.15, 0.2) is 48.5 Å². The van der Waals surface area contributed by atoms with E-state index in [2.05, 4.69) is 21.6 Å². The molecule has 1 atom stereocenters. The number of hydrogen-bond donors (Lipinski definition) is 1. The van der Waals surface area contributed by atoms with Crippen molar-refractivity contribution in [2.75, 3.05) is 23.7 Å². The summed E-state index contributed by atoms with van der Waals surface area (Å²) in [4.78, 5) is 2.18. The number of nitrogens with zero attached hydrogens (tertiary/aromatic N) is 2. The molecule has 0 saturated heterocycles. The zero-order valence-corrected chi connectivity index (χ0v) is 15.3. The van der Waals surface area contributed by atoms with Crippen molar-refractivity contribution in [2.45, 2.75) is 12.1 Å². The molecule has 1 N–H and O–H groups in total. The highest BCUT2D eigenvalue weighted by Gasteiger charge is 2.54. The van der Waals surface area contributed by atoms with Gasteiger partial charge in [0, 0.05) is 10.8 Å². The third-order valence-electron chi connectivity index (χ3n) is 4.47. The van der Waals surface area contributed by atoms with E-state index in [4.69, 9.17) is 23.2 Å². The van der Waals surface area contributed by atoms with Crippen molar-refractivity contribution in [3.63, 3.8) is 0 Å². The Morgan fingerprint density at radius 2 is 1.92 bits per heavy atom. The lowest BCUT2D eigenvalue weighted by molar-refractivity contribution is -0.656. The molecule has 0 spiro atoms. The van der Waals surface area contributed by atoms with E-state index < -0.39 is 5.72 Å². The number of halogens is 2. The van der Waals surface area contributed by atoms with Gasteiger partial charge in [0.05, 0.1) is 17.1 Å². The first-order valence-corrected chi connectivity index (χ1v) is 9.62. The molecule has 2 aliphatic rings. The van der Waals surface area contributed by atoms with E-state index in [1.54, 1.807) is 23.9 Å². The van der Waals surface area contributed by atoms with Crippen molar-refractivity contribution < 1.29 is 9.68 Å². The molecule has 0 fully saturated rings. The Kier molecular flexibility index (Phi) is 4.25. The zero-order chi connectivity index (χ0) is 16.7. The van der Waals surface area contributed by atoms with E-state index in [0.717, 1.165) is 29.6 Å². The van der Waals surface area contributed by atoms with E-state index in [1.165, 1.54) is 0 Å². The maximum absolute atomic E-state index is 11.6. The lowest BCUT2D eigenvalue weighted by Gasteiger charge is -2.25. The summed E-state index contributed by atoms with van der Waals surface area (Å²) in [6, 6.07) is 15.5. The molecule has 124 valence electrons. The van der Waals surface area contributed by atoms with Crippen molar-refractivity contribution in [1.82, 2.24) is 0 Å². The van der Waals surface area contributed by atoms with Crippen LogP contribution in [-0.2, 0) is 5.72 Å². The molecule has 2 heterocycles. The van der Waals surface area contributed by atoms with Crippen molar-refractivity contribution in [2.24, 2.45) is 0 Å². The van der Waals surface area contributed by atoms with Gasteiger partial charge in [-0.2, -0.15) is 0 Å². The van der Waals surface area contributed by atoms with E-state index in [0.29, 0.717) is 22.2 Å². The summed E-state index contributed by atoms with van der Waals surface area (Å²) in [5, 5.41) is 13.7. The maximum Gasteiger partial charge on any atom is 0.316 e. The Labute approximate surface area is 155 Å². The first-order valence-electron chi connectivity index (χ1n) is 7.87. The Balaban J connectivity index is 1.83. The van der Waals surface area contributed by atoms with Crippen LogP contribution in [0.25, 0.3) is 0 Å². The minimum atomic E-state index is -1.15. The van der Waals surface area contributed by atoms with Crippen molar-refractivity contribution in [1.29, 1.82) is 0 Å². The number of thioether (sulfide) groups is 1. The Morgan fingerprint density at radius 1 is 1.12 bits per heavy atom. The first-order chi connectivity index (χ1) is 11.6. The molecule has 0 amide bonds. The van der Waals surface area contributed by atoms with Crippen LogP contribution >= 0.6 is 35.0 Å². The number of rotatable bonds is 2. The fourth-order valence-corrected chi connectivity index (χ4v) is 5.09. The van der Waals surface area contributed by atoms with Crippen LogP contribution in [0.4, 0.5) is 5.69 Å². The van der Waals surface area contributed by atoms with Gasteiger partial charge in [0.2, 0.25) is 0 Å². The Morgan fingerprint density at radius 3 is 2.67 bits per heavy atom. The van der Waals surface area contributed by atoms with Gasteiger partial charge in [-0.05, 0) is 48.5 Å². The summed E-state index contributed by atoms with van der Waals surface area (Å²) >= 11 is 14.2. The molecule has 6 heteroatoms. The zero-order valence-electron chi connectivity index (χ0n) is 13.0. The number of hydrogen-bond acceptors (Lipinski definition) is 3. The van der Waals surface area contributed by atoms with Gasteiger partial charge in [0.25, 0.3) is 5.72 Å². The molecule has 0 radical (unpaired) electrons. The smallest absolute Gasteiger partial charge is 0.316 e. The monoisotopic (exact) mass is 379 g/mol. The Hall–Kier alpha value is -1.20. The fourth-order valence-electron chi connectivity index (χ4n) is 3.35. The molecule has 0 aliphatic carbocycles. The van der Waals surface area contributed by atoms with Crippen molar-refractivity contribution >= 4 is 45.8 Å². The second kappa shape index (κ2) is 6.26. The van der Waals surface area contributed by atoms with Crippen molar-refractivity contribution in [3.8, 4) is 0 Å². The molecule has 0 aromatic heterocycles. The molecular weight excluding hydrogens is 363 g/mol. The van der Waals surface area contributed by atoms with Gasteiger partial charge >= 0.3 is 5.17 Å². The lowest BCUT2D eigenvalue weighted by atomic mass is 10.0. The lowest BCUT2D eigenvalue weighted by Crippen LogP contribution is -2.41. The molecule has 4 rings (SSSR count). The van der Waals surface area contributed by atoms with Gasteiger partial charge in [-0.25, -0.2) is 9.48 Å². The summed E-state index contributed by atoms with van der Waals surface area (Å²) in [5.41, 5.74) is 0.625. The summed E-state index contributed by atoms with van der Waals surface area (Å²) in [7, 11) is 0. The average Bonchev–Trinajstić information content (AvgIpc) is 2.90. The largest absolute Gasteiger partial charge is 0.346 e.